The molecule has 1 saturated heterocycles. The van der Waals surface area contributed by atoms with Crippen LogP contribution in [-0.4, -0.2) is 41.9 Å². The molecule has 0 unspecified atom stereocenters. The highest BCUT2D eigenvalue weighted by atomic mass is 32.2. The van der Waals surface area contributed by atoms with Crippen molar-refractivity contribution in [3.63, 3.8) is 0 Å². The third-order valence-electron chi connectivity index (χ3n) is 2.76. The van der Waals surface area contributed by atoms with Gasteiger partial charge in [-0.1, -0.05) is 52.8 Å². The summed E-state index contributed by atoms with van der Waals surface area (Å²) < 4.78 is 2.46. The molecule has 1 fully saturated rings. The lowest BCUT2D eigenvalue weighted by Gasteiger charge is -2.32. The summed E-state index contributed by atoms with van der Waals surface area (Å²) in [4.78, 5) is 3.85. The minimum absolute atomic E-state index is 1.17. The van der Waals surface area contributed by atoms with Gasteiger partial charge in [0, 0.05) is 31.1 Å². The van der Waals surface area contributed by atoms with E-state index in [4.69, 9.17) is 0 Å². The van der Waals surface area contributed by atoms with Crippen LogP contribution in [0.5, 0.6) is 0 Å². The smallest absolute Gasteiger partial charge is 0.0230 e. The van der Waals surface area contributed by atoms with Gasteiger partial charge < -0.3 is 4.90 Å². The molecule has 0 amide bonds. The molecule has 3 heteroatoms. The second-order valence-corrected chi connectivity index (χ2v) is 4.94. The zero-order chi connectivity index (χ0) is 14.5. The van der Waals surface area contributed by atoms with E-state index in [0.717, 1.165) is 0 Å². The molecule has 0 aliphatic carbocycles. The van der Waals surface area contributed by atoms with Crippen LogP contribution in [0.25, 0.3) is 0 Å². The first-order valence-electron chi connectivity index (χ1n) is 7.59. The van der Waals surface area contributed by atoms with Gasteiger partial charge in [-0.15, -0.1) is 0 Å². The Morgan fingerprint density at radius 3 is 1.89 bits per heavy atom. The van der Waals surface area contributed by atoms with E-state index < -0.39 is 0 Å². The number of benzene rings is 1. The van der Waals surface area contributed by atoms with Crippen molar-refractivity contribution in [1.29, 1.82) is 0 Å². The highest BCUT2D eigenvalue weighted by Crippen LogP contribution is 2.23. The van der Waals surface area contributed by atoms with Crippen LogP contribution in [0.15, 0.2) is 35.2 Å². The van der Waals surface area contributed by atoms with Crippen molar-refractivity contribution >= 4 is 11.9 Å². The van der Waals surface area contributed by atoms with E-state index in [1.807, 2.05) is 39.6 Å². The standard InChI is InChI=1S/C12H18N2S.2C2H6/c1-2-13-8-10-14(11-9-13)15-12-6-4-3-5-7-12;2*1-2/h3-7H,2,8-11H2,1H3;2*1-2H3. The second-order valence-electron chi connectivity index (χ2n) is 3.77. The maximum atomic E-state index is 2.50. The topological polar surface area (TPSA) is 6.48 Å². The van der Waals surface area contributed by atoms with Gasteiger partial charge in [-0.2, -0.15) is 0 Å². The summed E-state index contributed by atoms with van der Waals surface area (Å²) in [7, 11) is 0. The highest BCUT2D eigenvalue weighted by Gasteiger charge is 2.15. The number of hydrogen-bond acceptors (Lipinski definition) is 3. The lowest BCUT2D eigenvalue weighted by molar-refractivity contribution is 0.205. The number of piperazine rings is 1. The number of hydrogen-bond donors (Lipinski definition) is 0. The van der Waals surface area contributed by atoms with Crippen LogP contribution >= 0.6 is 11.9 Å². The van der Waals surface area contributed by atoms with Gasteiger partial charge >= 0.3 is 0 Å². The van der Waals surface area contributed by atoms with Gasteiger partial charge in [-0.05, 0) is 30.6 Å². The van der Waals surface area contributed by atoms with E-state index in [1.165, 1.54) is 37.6 Å². The molecule has 1 heterocycles. The maximum absolute atomic E-state index is 2.50. The van der Waals surface area contributed by atoms with Gasteiger partial charge in [0.15, 0.2) is 0 Å². The van der Waals surface area contributed by atoms with Crippen LogP contribution in [0.2, 0.25) is 0 Å². The normalized spacial score (nSPS) is 15.8. The molecule has 2 nitrogen and oxygen atoms in total. The average Bonchev–Trinajstić information content (AvgIpc) is 2.53. The first-order valence-corrected chi connectivity index (χ1v) is 8.36. The molecule has 2 rings (SSSR count). The van der Waals surface area contributed by atoms with Crippen molar-refractivity contribution in [2.75, 3.05) is 32.7 Å². The molecule has 0 aromatic heterocycles. The summed E-state index contributed by atoms with van der Waals surface area (Å²) in [6.07, 6.45) is 0. The predicted octanol–water partition coefficient (Wildman–Crippen LogP) is 4.38. The predicted molar refractivity (Wildman–Crippen MR) is 88.7 cm³/mol. The SMILES string of the molecule is CC.CC.CCN1CCN(Sc2ccccc2)CC1. The molecule has 110 valence electrons. The molecule has 1 aliphatic rings. The Morgan fingerprint density at radius 1 is 0.895 bits per heavy atom. The third kappa shape index (κ3) is 7.61. The molecule has 1 aromatic carbocycles. The molecule has 0 atom stereocenters. The Balaban J connectivity index is 0.000000741. The number of nitrogens with zero attached hydrogens (tertiary/aromatic N) is 2. The fraction of sp³-hybridized carbons (Fsp3) is 0.625. The fourth-order valence-corrected chi connectivity index (χ4v) is 2.69. The van der Waals surface area contributed by atoms with E-state index in [0.29, 0.717) is 0 Å². The number of likely N-dealkylation sites (N-methyl/N-ethyl adjacent to an activating group) is 1. The van der Waals surface area contributed by atoms with Crippen LogP contribution in [0.4, 0.5) is 0 Å². The van der Waals surface area contributed by atoms with E-state index in [1.54, 1.807) is 0 Å². The van der Waals surface area contributed by atoms with Gasteiger partial charge in [0.25, 0.3) is 0 Å². The maximum Gasteiger partial charge on any atom is 0.0230 e. The fourth-order valence-electron chi connectivity index (χ4n) is 1.77. The van der Waals surface area contributed by atoms with E-state index in [-0.39, 0.29) is 0 Å². The van der Waals surface area contributed by atoms with Gasteiger partial charge in [-0.3, -0.25) is 0 Å². The third-order valence-corrected chi connectivity index (χ3v) is 3.86. The van der Waals surface area contributed by atoms with E-state index in [9.17, 15) is 0 Å². The molecule has 0 saturated carbocycles. The van der Waals surface area contributed by atoms with Crippen molar-refractivity contribution in [3.05, 3.63) is 30.3 Å². The van der Waals surface area contributed by atoms with Gasteiger partial charge in [0.1, 0.15) is 0 Å². The molecule has 0 spiro atoms. The minimum Gasteiger partial charge on any atom is -0.301 e. The van der Waals surface area contributed by atoms with Crippen molar-refractivity contribution < 1.29 is 0 Å². The highest BCUT2D eigenvalue weighted by molar-refractivity contribution is 7.97. The summed E-state index contributed by atoms with van der Waals surface area (Å²) in [5.41, 5.74) is 0. The Kier molecular flexibility index (Phi) is 12.2. The van der Waals surface area contributed by atoms with Crippen molar-refractivity contribution in [3.8, 4) is 0 Å². The first kappa shape index (κ1) is 18.5. The molecule has 19 heavy (non-hydrogen) atoms. The zero-order valence-electron chi connectivity index (χ0n) is 13.2. The largest absolute Gasteiger partial charge is 0.301 e. The van der Waals surface area contributed by atoms with Gasteiger partial charge in [-0.25, -0.2) is 4.31 Å². The molecule has 0 radical (unpaired) electrons. The summed E-state index contributed by atoms with van der Waals surface area (Å²) in [6, 6.07) is 10.6. The van der Waals surface area contributed by atoms with Gasteiger partial charge in [0.05, 0.1) is 0 Å². The summed E-state index contributed by atoms with van der Waals surface area (Å²) in [5.74, 6) is 0. The summed E-state index contributed by atoms with van der Waals surface area (Å²) in [5, 5.41) is 0. The quantitative estimate of drug-likeness (QED) is 0.760. The lowest BCUT2D eigenvalue weighted by Crippen LogP contribution is -2.43. The monoisotopic (exact) mass is 282 g/mol. The van der Waals surface area contributed by atoms with Crippen LogP contribution in [-0.2, 0) is 0 Å². The Morgan fingerprint density at radius 2 is 1.42 bits per heavy atom. The molecule has 1 aromatic rings. The van der Waals surface area contributed by atoms with Crippen LogP contribution < -0.4 is 0 Å². The van der Waals surface area contributed by atoms with Crippen LogP contribution in [0.1, 0.15) is 34.6 Å². The Bertz CT molecular complexity index is 282. The number of rotatable bonds is 3. The minimum atomic E-state index is 1.17. The van der Waals surface area contributed by atoms with E-state index >= 15 is 0 Å². The summed E-state index contributed by atoms with van der Waals surface area (Å²) in [6.45, 7) is 16.2. The van der Waals surface area contributed by atoms with Crippen molar-refractivity contribution in [2.45, 2.75) is 39.5 Å². The average molecular weight is 282 g/mol. The first-order chi connectivity index (χ1) is 9.38. The Hall–Kier alpha value is -0.510. The second kappa shape index (κ2) is 12.5. The van der Waals surface area contributed by atoms with E-state index in [2.05, 4.69) is 46.5 Å². The molecule has 0 bridgehead atoms. The van der Waals surface area contributed by atoms with Gasteiger partial charge in [0.2, 0.25) is 0 Å². The molecule has 0 N–H and O–H groups in total. The lowest BCUT2D eigenvalue weighted by atomic mass is 10.4. The van der Waals surface area contributed by atoms with Crippen molar-refractivity contribution in [2.24, 2.45) is 0 Å². The van der Waals surface area contributed by atoms with Crippen LogP contribution in [0.3, 0.4) is 0 Å². The molecular weight excluding hydrogens is 252 g/mol. The Labute approximate surface area is 124 Å². The van der Waals surface area contributed by atoms with Crippen LogP contribution in [0, 0.1) is 0 Å². The van der Waals surface area contributed by atoms with Crippen molar-refractivity contribution in [1.82, 2.24) is 9.21 Å². The molecular formula is C16H30N2S. The summed E-state index contributed by atoms with van der Waals surface area (Å²) >= 11 is 1.88. The zero-order valence-corrected chi connectivity index (χ0v) is 14.0. The molecule has 1 aliphatic heterocycles.